The maximum Gasteiger partial charge on any atom is 0.335 e. The highest BCUT2D eigenvalue weighted by molar-refractivity contribution is 5.88. The largest absolute Gasteiger partial charge is 0.489 e. The Morgan fingerprint density at radius 2 is 1.45 bits per heavy atom. The molecular weight excluding hydrogens is 500 g/mol. The molecular formula is C34H34N2O4. The molecule has 4 aromatic carbocycles. The third-order valence-electron chi connectivity index (χ3n) is 7.28. The number of benzene rings is 4. The molecule has 5 rings (SSSR count). The van der Waals surface area contributed by atoms with E-state index in [2.05, 4.69) is 28.4 Å². The van der Waals surface area contributed by atoms with E-state index in [4.69, 9.17) is 4.74 Å². The molecule has 0 bridgehead atoms. The number of hydrogen-bond acceptors (Lipinski definition) is 4. The number of anilines is 1. The van der Waals surface area contributed by atoms with E-state index in [-0.39, 0.29) is 23.9 Å². The number of nitrogens with zero attached hydrogens (tertiary/aromatic N) is 1. The molecule has 0 aromatic heterocycles. The van der Waals surface area contributed by atoms with Crippen molar-refractivity contribution in [1.82, 2.24) is 5.32 Å². The number of piperidine rings is 1. The maximum atomic E-state index is 13.3. The van der Waals surface area contributed by atoms with Gasteiger partial charge in [0.25, 0.3) is 0 Å². The quantitative estimate of drug-likeness (QED) is 0.246. The summed E-state index contributed by atoms with van der Waals surface area (Å²) < 4.78 is 6.00. The highest BCUT2D eigenvalue weighted by atomic mass is 16.5. The monoisotopic (exact) mass is 534 g/mol. The van der Waals surface area contributed by atoms with Gasteiger partial charge in [0.05, 0.1) is 18.0 Å². The van der Waals surface area contributed by atoms with Gasteiger partial charge in [-0.05, 0) is 66.3 Å². The molecule has 1 unspecified atom stereocenters. The fraction of sp³-hybridized carbons (Fsp3) is 0.235. The average Bonchev–Trinajstić information content (AvgIpc) is 3.00. The molecule has 0 saturated carbocycles. The van der Waals surface area contributed by atoms with Crippen LogP contribution in [-0.2, 0) is 17.8 Å². The predicted molar refractivity (Wildman–Crippen MR) is 157 cm³/mol. The molecule has 4 aromatic rings. The van der Waals surface area contributed by atoms with Crippen molar-refractivity contribution in [1.29, 1.82) is 0 Å². The van der Waals surface area contributed by atoms with Crippen LogP contribution in [0.25, 0.3) is 0 Å². The van der Waals surface area contributed by atoms with Gasteiger partial charge >= 0.3 is 5.97 Å². The van der Waals surface area contributed by atoms with Gasteiger partial charge < -0.3 is 20.1 Å². The van der Waals surface area contributed by atoms with E-state index in [9.17, 15) is 14.7 Å². The van der Waals surface area contributed by atoms with Crippen LogP contribution >= 0.6 is 0 Å². The summed E-state index contributed by atoms with van der Waals surface area (Å²) in [4.78, 5) is 27.0. The van der Waals surface area contributed by atoms with Crippen molar-refractivity contribution in [3.8, 4) is 5.75 Å². The smallest absolute Gasteiger partial charge is 0.335 e. The molecule has 1 saturated heterocycles. The lowest BCUT2D eigenvalue weighted by Crippen LogP contribution is -2.34. The molecule has 0 radical (unpaired) electrons. The molecule has 1 aliphatic heterocycles. The van der Waals surface area contributed by atoms with Gasteiger partial charge in [-0.25, -0.2) is 4.79 Å². The van der Waals surface area contributed by atoms with Gasteiger partial charge in [-0.1, -0.05) is 72.8 Å². The summed E-state index contributed by atoms with van der Waals surface area (Å²) >= 11 is 0. The van der Waals surface area contributed by atoms with Crippen LogP contribution in [0.15, 0.2) is 103 Å². The van der Waals surface area contributed by atoms with Crippen molar-refractivity contribution < 1.29 is 19.4 Å². The Bertz CT molecular complexity index is 1410. The number of para-hydroxylation sites is 1. The zero-order valence-corrected chi connectivity index (χ0v) is 22.5. The van der Waals surface area contributed by atoms with Crippen LogP contribution in [0.5, 0.6) is 5.75 Å². The minimum absolute atomic E-state index is 0.133. The fourth-order valence-corrected chi connectivity index (χ4v) is 5.16. The first kappa shape index (κ1) is 27.0. The molecule has 1 amide bonds. The van der Waals surface area contributed by atoms with Gasteiger partial charge in [0.15, 0.2) is 0 Å². The Balaban J connectivity index is 1.39. The van der Waals surface area contributed by atoms with Gasteiger partial charge in [-0.15, -0.1) is 0 Å². The Morgan fingerprint density at radius 1 is 0.775 bits per heavy atom. The SMILES string of the molecule is O=C(Cc1ccc(C(=O)O)cc1)NC(c1ccc(OCc2ccccc2)cc1)c1ccccc1N1CCCCC1. The van der Waals surface area contributed by atoms with Crippen LogP contribution in [0.4, 0.5) is 5.69 Å². The van der Waals surface area contributed by atoms with Gasteiger partial charge in [0.1, 0.15) is 12.4 Å². The number of carboxylic acids is 1. The number of carbonyl (C=O) groups excluding carboxylic acids is 1. The molecule has 0 aliphatic carbocycles. The molecule has 1 atom stereocenters. The summed E-state index contributed by atoms with van der Waals surface area (Å²) in [5, 5.41) is 12.5. The number of nitrogens with one attached hydrogen (secondary N) is 1. The van der Waals surface area contributed by atoms with Crippen molar-refractivity contribution in [2.75, 3.05) is 18.0 Å². The molecule has 6 nitrogen and oxygen atoms in total. The first-order valence-electron chi connectivity index (χ1n) is 13.8. The first-order chi connectivity index (χ1) is 19.6. The molecule has 204 valence electrons. The third-order valence-corrected chi connectivity index (χ3v) is 7.28. The lowest BCUT2D eigenvalue weighted by Gasteiger charge is -2.33. The Morgan fingerprint density at radius 3 is 2.15 bits per heavy atom. The zero-order chi connectivity index (χ0) is 27.7. The number of aromatic carboxylic acids is 1. The van der Waals surface area contributed by atoms with E-state index < -0.39 is 5.97 Å². The van der Waals surface area contributed by atoms with Crippen molar-refractivity contribution in [3.05, 3.63) is 131 Å². The Labute approximate surface area is 235 Å². The van der Waals surface area contributed by atoms with Crippen molar-refractivity contribution in [2.24, 2.45) is 0 Å². The fourth-order valence-electron chi connectivity index (χ4n) is 5.16. The molecule has 1 aliphatic rings. The summed E-state index contributed by atoms with van der Waals surface area (Å²) in [6, 6.07) is 32.4. The van der Waals surface area contributed by atoms with E-state index in [1.807, 2.05) is 60.7 Å². The Kier molecular flexibility index (Phi) is 8.76. The van der Waals surface area contributed by atoms with Crippen molar-refractivity contribution in [2.45, 2.75) is 38.3 Å². The van der Waals surface area contributed by atoms with Crippen LogP contribution in [-0.4, -0.2) is 30.1 Å². The van der Waals surface area contributed by atoms with E-state index in [0.29, 0.717) is 6.61 Å². The van der Waals surface area contributed by atoms with Crippen LogP contribution in [0, 0.1) is 0 Å². The van der Waals surface area contributed by atoms with E-state index in [1.54, 1.807) is 12.1 Å². The zero-order valence-electron chi connectivity index (χ0n) is 22.5. The lowest BCUT2D eigenvalue weighted by atomic mass is 9.95. The average molecular weight is 535 g/mol. The minimum atomic E-state index is -0.985. The number of hydrogen-bond donors (Lipinski definition) is 2. The number of carboxylic acid groups (broad SMARTS) is 1. The third kappa shape index (κ3) is 6.89. The lowest BCUT2D eigenvalue weighted by molar-refractivity contribution is -0.120. The Hall–Kier alpha value is -4.58. The number of rotatable bonds is 10. The number of ether oxygens (including phenoxy) is 1. The summed E-state index contributed by atoms with van der Waals surface area (Å²) in [7, 11) is 0. The van der Waals surface area contributed by atoms with Crippen LogP contribution in [0.1, 0.15) is 57.9 Å². The summed E-state index contributed by atoms with van der Waals surface area (Å²) in [6.07, 6.45) is 3.71. The number of amides is 1. The van der Waals surface area contributed by atoms with Crippen LogP contribution < -0.4 is 15.0 Å². The number of carbonyl (C=O) groups is 2. The van der Waals surface area contributed by atoms with E-state index >= 15 is 0 Å². The van der Waals surface area contributed by atoms with Crippen LogP contribution in [0.2, 0.25) is 0 Å². The second-order valence-corrected chi connectivity index (χ2v) is 10.1. The van der Waals surface area contributed by atoms with E-state index in [0.717, 1.165) is 59.6 Å². The van der Waals surface area contributed by atoms with Gasteiger partial charge in [0, 0.05) is 24.3 Å². The summed E-state index contributed by atoms with van der Waals surface area (Å²) in [5.74, 6) is -0.354. The minimum Gasteiger partial charge on any atom is -0.489 e. The normalized spacial score (nSPS) is 13.8. The molecule has 6 heteroatoms. The van der Waals surface area contributed by atoms with Gasteiger partial charge in [-0.3, -0.25) is 4.79 Å². The molecule has 2 N–H and O–H groups in total. The molecule has 40 heavy (non-hydrogen) atoms. The highest BCUT2D eigenvalue weighted by Crippen LogP contribution is 2.33. The van der Waals surface area contributed by atoms with Gasteiger partial charge in [0.2, 0.25) is 5.91 Å². The predicted octanol–water partition coefficient (Wildman–Crippen LogP) is 6.40. The summed E-state index contributed by atoms with van der Waals surface area (Å²) in [5.41, 5.74) is 5.22. The summed E-state index contributed by atoms with van der Waals surface area (Å²) in [6.45, 7) is 2.48. The van der Waals surface area contributed by atoms with Crippen molar-refractivity contribution >= 4 is 17.6 Å². The molecule has 0 spiro atoms. The van der Waals surface area contributed by atoms with Crippen LogP contribution in [0.3, 0.4) is 0 Å². The first-order valence-corrected chi connectivity index (χ1v) is 13.8. The molecule has 1 heterocycles. The second kappa shape index (κ2) is 13.0. The second-order valence-electron chi connectivity index (χ2n) is 10.1. The standard InChI is InChI=1S/C34H34N2O4/c37-32(23-25-13-15-28(16-14-25)34(38)39)35-33(30-11-5-6-12-31(30)36-21-7-2-8-22-36)27-17-19-29(20-18-27)40-24-26-9-3-1-4-10-26/h1,3-6,9-20,33H,2,7-8,21-24H2,(H,35,37)(H,38,39). The molecule has 1 fully saturated rings. The van der Waals surface area contributed by atoms with Gasteiger partial charge in [-0.2, -0.15) is 0 Å². The van der Waals surface area contributed by atoms with Crippen molar-refractivity contribution in [3.63, 3.8) is 0 Å². The highest BCUT2D eigenvalue weighted by Gasteiger charge is 2.23. The maximum absolute atomic E-state index is 13.3. The topological polar surface area (TPSA) is 78.9 Å². The van der Waals surface area contributed by atoms with E-state index in [1.165, 1.54) is 18.6 Å².